The molecule has 0 spiro atoms. The summed E-state index contributed by atoms with van der Waals surface area (Å²) in [6, 6.07) is 18.6. The lowest BCUT2D eigenvalue weighted by Crippen LogP contribution is -2.50. The third kappa shape index (κ3) is 8.68. The van der Waals surface area contributed by atoms with Crippen LogP contribution in [0.1, 0.15) is 30.9 Å². The maximum Gasteiger partial charge on any atom is 0.243 e. The van der Waals surface area contributed by atoms with Crippen molar-refractivity contribution in [3.63, 3.8) is 0 Å². The van der Waals surface area contributed by atoms with Crippen molar-refractivity contribution in [2.24, 2.45) is 0 Å². The third-order valence-electron chi connectivity index (χ3n) is 6.28. The molecule has 0 fully saturated rings. The van der Waals surface area contributed by atoms with Gasteiger partial charge in [-0.25, -0.2) is 12.8 Å². The first-order chi connectivity index (χ1) is 19.0. The van der Waals surface area contributed by atoms with Crippen molar-refractivity contribution in [2.45, 2.75) is 38.8 Å². The monoisotopic (exact) mass is 607 g/mol. The van der Waals surface area contributed by atoms with Crippen molar-refractivity contribution in [3.05, 3.63) is 99.8 Å². The van der Waals surface area contributed by atoms with Gasteiger partial charge in [0.1, 0.15) is 11.9 Å². The molecular formula is C29H32Cl2FN3O4S. The number of carbonyl (C=O) groups is 2. The highest BCUT2D eigenvalue weighted by molar-refractivity contribution is 7.92. The van der Waals surface area contributed by atoms with Crippen molar-refractivity contribution < 1.29 is 22.4 Å². The van der Waals surface area contributed by atoms with Gasteiger partial charge in [-0.1, -0.05) is 59.6 Å². The highest BCUT2D eigenvalue weighted by Gasteiger charge is 2.31. The van der Waals surface area contributed by atoms with Gasteiger partial charge in [0.25, 0.3) is 0 Å². The van der Waals surface area contributed by atoms with Crippen LogP contribution in [0.2, 0.25) is 10.0 Å². The minimum absolute atomic E-state index is 0.0125. The summed E-state index contributed by atoms with van der Waals surface area (Å²) in [6.45, 7) is 2.14. The Morgan fingerprint density at radius 3 is 2.15 bits per heavy atom. The Kier molecular flexibility index (Phi) is 11.4. The topological polar surface area (TPSA) is 86.8 Å². The molecule has 0 aliphatic heterocycles. The largest absolute Gasteiger partial charge is 0.355 e. The number of amides is 2. The number of carbonyl (C=O) groups excluding carboxylic acids is 2. The Morgan fingerprint density at radius 1 is 0.950 bits per heavy atom. The first kappa shape index (κ1) is 31.4. The molecule has 0 aliphatic rings. The van der Waals surface area contributed by atoms with Gasteiger partial charge >= 0.3 is 0 Å². The summed E-state index contributed by atoms with van der Waals surface area (Å²) in [5.41, 5.74) is 1.66. The van der Waals surface area contributed by atoms with Crippen molar-refractivity contribution >= 4 is 50.7 Å². The zero-order valence-corrected chi connectivity index (χ0v) is 24.6. The van der Waals surface area contributed by atoms with E-state index in [1.165, 1.54) is 29.2 Å². The van der Waals surface area contributed by atoms with E-state index < -0.39 is 21.9 Å². The van der Waals surface area contributed by atoms with E-state index in [1.54, 1.807) is 25.1 Å². The maximum absolute atomic E-state index is 13.8. The van der Waals surface area contributed by atoms with Crippen molar-refractivity contribution in [1.29, 1.82) is 0 Å². The summed E-state index contributed by atoms with van der Waals surface area (Å²) in [6.07, 6.45) is 1.41. The lowest BCUT2D eigenvalue weighted by atomic mass is 10.0. The molecule has 11 heteroatoms. The lowest BCUT2D eigenvalue weighted by Gasteiger charge is -2.32. The Morgan fingerprint density at radius 2 is 1.57 bits per heavy atom. The fraction of sp³-hybridized carbons (Fsp3) is 0.310. The van der Waals surface area contributed by atoms with Gasteiger partial charge in [0, 0.05) is 48.1 Å². The molecule has 0 saturated carbocycles. The molecule has 7 nitrogen and oxygen atoms in total. The standard InChI is InChI=1S/C29H32Cl2FN3O4S/c1-3-33-29(37)27(19-21-9-5-4-6-10-21)34(20-24-25(30)11-7-12-26(24)31)28(36)13-8-18-35(40(2,38)39)23-16-14-22(32)15-17-23/h4-7,9-12,14-17,27H,3,8,13,18-20H2,1-2H3,(H,33,37). The number of hydrogen-bond acceptors (Lipinski definition) is 4. The second-order valence-corrected chi connectivity index (χ2v) is 12.0. The predicted molar refractivity (Wildman–Crippen MR) is 157 cm³/mol. The Bertz CT molecular complexity index is 1390. The van der Waals surface area contributed by atoms with Gasteiger partial charge in [-0.3, -0.25) is 13.9 Å². The number of rotatable bonds is 13. The second-order valence-electron chi connectivity index (χ2n) is 9.24. The molecule has 0 saturated heterocycles. The van der Waals surface area contributed by atoms with Crippen molar-refractivity contribution in [2.75, 3.05) is 23.7 Å². The number of sulfonamides is 1. The smallest absolute Gasteiger partial charge is 0.243 e. The van der Waals surface area contributed by atoms with Crippen LogP contribution in [0.4, 0.5) is 10.1 Å². The van der Waals surface area contributed by atoms with E-state index in [1.807, 2.05) is 30.3 Å². The summed E-state index contributed by atoms with van der Waals surface area (Å²) in [5, 5.41) is 3.54. The Balaban J connectivity index is 1.90. The van der Waals surface area contributed by atoms with E-state index >= 15 is 0 Å². The molecule has 2 amide bonds. The number of likely N-dealkylation sites (N-methyl/N-ethyl adjacent to an activating group) is 1. The SMILES string of the molecule is CCNC(=O)C(Cc1ccccc1)N(Cc1c(Cl)cccc1Cl)C(=O)CCCN(c1ccc(F)cc1)S(C)(=O)=O. The number of benzene rings is 3. The summed E-state index contributed by atoms with van der Waals surface area (Å²) < 4.78 is 39.5. The van der Waals surface area contributed by atoms with Crippen LogP contribution in [0.15, 0.2) is 72.8 Å². The molecule has 1 unspecified atom stereocenters. The zero-order valence-electron chi connectivity index (χ0n) is 22.3. The predicted octanol–water partition coefficient (Wildman–Crippen LogP) is 5.45. The summed E-state index contributed by atoms with van der Waals surface area (Å²) >= 11 is 12.9. The molecule has 1 atom stereocenters. The fourth-order valence-corrected chi connectivity index (χ4v) is 5.79. The first-order valence-corrected chi connectivity index (χ1v) is 15.4. The summed E-state index contributed by atoms with van der Waals surface area (Å²) in [5.74, 6) is -1.18. The summed E-state index contributed by atoms with van der Waals surface area (Å²) in [4.78, 5) is 28.5. The van der Waals surface area contributed by atoms with Crippen LogP contribution in [-0.4, -0.2) is 50.5 Å². The van der Waals surface area contributed by atoms with Crippen molar-refractivity contribution in [1.82, 2.24) is 10.2 Å². The van der Waals surface area contributed by atoms with Crippen LogP contribution < -0.4 is 9.62 Å². The molecule has 0 radical (unpaired) electrons. The van der Waals surface area contributed by atoms with Gasteiger partial charge in [-0.05, 0) is 55.3 Å². The molecule has 0 aliphatic carbocycles. The van der Waals surface area contributed by atoms with Gasteiger partial charge in [-0.2, -0.15) is 0 Å². The van der Waals surface area contributed by atoms with E-state index in [0.29, 0.717) is 27.8 Å². The highest BCUT2D eigenvalue weighted by Crippen LogP contribution is 2.28. The fourth-order valence-electron chi connectivity index (χ4n) is 4.31. The Hall–Kier alpha value is -3.14. The average molecular weight is 609 g/mol. The van der Waals surface area contributed by atoms with E-state index in [0.717, 1.165) is 16.1 Å². The van der Waals surface area contributed by atoms with Gasteiger partial charge in [0.2, 0.25) is 21.8 Å². The molecule has 0 bridgehead atoms. The van der Waals surface area contributed by atoms with Crippen molar-refractivity contribution in [3.8, 4) is 0 Å². The number of halogens is 3. The summed E-state index contributed by atoms with van der Waals surface area (Å²) in [7, 11) is -3.70. The normalized spacial score (nSPS) is 12.0. The van der Waals surface area contributed by atoms with Crippen LogP contribution in [0.3, 0.4) is 0 Å². The molecule has 0 aromatic heterocycles. The third-order valence-corrected chi connectivity index (χ3v) is 8.18. The van der Waals surface area contributed by atoms with Crippen LogP contribution in [0.5, 0.6) is 0 Å². The van der Waals surface area contributed by atoms with Crippen LogP contribution >= 0.6 is 23.2 Å². The van der Waals surface area contributed by atoms with Crippen LogP contribution in [0.25, 0.3) is 0 Å². The number of nitrogens with zero attached hydrogens (tertiary/aromatic N) is 2. The average Bonchev–Trinajstić information content (AvgIpc) is 2.90. The maximum atomic E-state index is 13.8. The lowest BCUT2D eigenvalue weighted by molar-refractivity contribution is -0.141. The van der Waals surface area contributed by atoms with E-state index in [-0.39, 0.29) is 44.2 Å². The molecule has 1 N–H and O–H groups in total. The van der Waals surface area contributed by atoms with Crippen LogP contribution in [-0.2, 0) is 32.6 Å². The zero-order chi connectivity index (χ0) is 29.3. The quantitative estimate of drug-likeness (QED) is 0.280. The number of hydrogen-bond donors (Lipinski definition) is 1. The van der Waals surface area contributed by atoms with Gasteiger partial charge in [0.15, 0.2) is 0 Å². The molecule has 40 heavy (non-hydrogen) atoms. The molecular weight excluding hydrogens is 576 g/mol. The van der Waals surface area contributed by atoms with Gasteiger partial charge in [0.05, 0.1) is 11.9 Å². The molecule has 214 valence electrons. The first-order valence-electron chi connectivity index (χ1n) is 12.8. The van der Waals surface area contributed by atoms with E-state index in [9.17, 15) is 22.4 Å². The molecule has 0 heterocycles. The number of nitrogens with one attached hydrogen (secondary N) is 1. The number of anilines is 1. The van der Waals surface area contributed by atoms with E-state index in [2.05, 4.69) is 5.32 Å². The van der Waals surface area contributed by atoms with Gasteiger partial charge in [-0.15, -0.1) is 0 Å². The highest BCUT2D eigenvalue weighted by atomic mass is 35.5. The second kappa shape index (κ2) is 14.5. The van der Waals surface area contributed by atoms with Crippen LogP contribution in [0, 0.1) is 5.82 Å². The molecule has 3 aromatic carbocycles. The Labute approximate surface area is 244 Å². The minimum Gasteiger partial charge on any atom is -0.355 e. The van der Waals surface area contributed by atoms with Gasteiger partial charge < -0.3 is 10.2 Å². The van der Waals surface area contributed by atoms with E-state index in [4.69, 9.17) is 23.2 Å². The molecule has 3 aromatic rings. The molecule has 3 rings (SSSR count). The minimum atomic E-state index is -3.70.